The maximum Gasteiger partial charge on any atom is 0.299 e. The molecule has 1 saturated heterocycles. The van der Waals surface area contributed by atoms with Crippen molar-refractivity contribution in [2.75, 3.05) is 31.1 Å². The Hall–Kier alpha value is -1.82. The quantitative estimate of drug-likeness (QED) is 0.789. The second kappa shape index (κ2) is 4.94. The zero-order chi connectivity index (χ0) is 14.3. The fourth-order valence-electron chi connectivity index (χ4n) is 2.81. The molecule has 4 nitrogen and oxygen atoms in total. The maximum absolute atomic E-state index is 13.8. The van der Waals surface area contributed by atoms with Gasteiger partial charge < -0.3 is 9.80 Å². The number of amides is 1. The minimum Gasteiger partial charge on any atom is -0.302 e. The van der Waals surface area contributed by atoms with Crippen LogP contribution in [0.1, 0.15) is 23.2 Å². The fourth-order valence-corrected chi connectivity index (χ4v) is 2.81. The molecule has 0 bridgehead atoms. The van der Waals surface area contributed by atoms with Gasteiger partial charge in [-0.1, -0.05) is 0 Å². The van der Waals surface area contributed by atoms with Crippen LogP contribution in [0.5, 0.6) is 0 Å². The lowest BCUT2D eigenvalue weighted by atomic mass is 10.1. The van der Waals surface area contributed by atoms with Gasteiger partial charge in [0, 0.05) is 13.1 Å². The molecule has 0 aromatic heterocycles. The van der Waals surface area contributed by atoms with Crippen LogP contribution in [0, 0.1) is 11.6 Å². The third-order valence-corrected chi connectivity index (χ3v) is 3.85. The Labute approximate surface area is 115 Å². The van der Waals surface area contributed by atoms with Crippen LogP contribution in [0.25, 0.3) is 0 Å². The van der Waals surface area contributed by atoms with Crippen LogP contribution < -0.4 is 4.90 Å². The third kappa shape index (κ3) is 2.00. The van der Waals surface area contributed by atoms with Gasteiger partial charge in [-0.25, -0.2) is 8.78 Å². The Morgan fingerprint density at radius 1 is 1.00 bits per heavy atom. The van der Waals surface area contributed by atoms with E-state index in [-0.39, 0.29) is 12.2 Å². The molecule has 6 heteroatoms. The molecule has 3 rings (SSSR count). The third-order valence-electron chi connectivity index (χ3n) is 3.85. The van der Waals surface area contributed by atoms with Gasteiger partial charge in [-0.2, -0.15) is 0 Å². The highest BCUT2D eigenvalue weighted by atomic mass is 19.1. The molecular weight excluding hydrogens is 266 g/mol. The van der Waals surface area contributed by atoms with Crippen LogP contribution in [0.3, 0.4) is 0 Å². The molecule has 0 radical (unpaired) electrons. The average molecular weight is 280 g/mol. The molecule has 0 saturated carbocycles. The number of Topliss-reactive ketones (excluding diaryl/α,β-unsaturated/α-hetero) is 1. The minimum absolute atomic E-state index is 0.206. The molecule has 0 N–H and O–H groups in total. The SMILES string of the molecule is O=C1C(=O)N(CCN2CCCC2)c2c(F)ccc(F)c21. The van der Waals surface area contributed by atoms with Gasteiger partial charge in [0.15, 0.2) is 0 Å². The number of carbonyl (C=O) groups is 2. The molecule has 0 unspecified atom stereocenters. The number of benzene rings is 1. The largest absolute Gasteiger partial charge is 0.302 e. The minimum atomic E-state index is -0.960. The molecule has 1 amide bonds. The van der Waals surface area contributed by atoms with Crippen molar-refractivity contribution in [2.45, 2.75) is 12.8 Å². The fraction of sp³-hybridized carbons (Fsp3) is 0.429. The van der Waals surface area contributed by atoms with E-state index in [1.54, 1.807) is 0 Å². The summed E-state index contributed by atoms with van der Waals surface area (Å²) in [7, 11) is 0. The van der Waals surface area contributed by atoms with Crippen LogP contribution in [0.4, 0.5) is 14.5 Å². The van der Waals surface area contributed by atoms with Gasteiger partial charge >= 0.3 is 0 Å². The summed E-state index contributed by atoms with van der Waals surface area (Å²) < 4.78 is 27.5. The van der Waals surface area contributed by atoms with Crippen molar-refractivity contribution in [1.29, 1.82) is 0 Å². The molecule has 106 valence electrons. The molecule has 0 aliphatic carbocycles. The normalized spacial score (nSPS) is 19.0. The monoisotopic (exact) mass is 280 g/mol. The summed E-state index contributed by atoms with van der Waals surface area (Å²) >= 11 is 0. The molecule has 1 aromatic rings. The van der Waals surface area contributed by atoms with Crippen LogP contribution in [-0.2, 0) is 4.79 Å². The van der Waals surface area contributed by atoms with Crippen LogP contribution in [0.2, 0.25) is 0 Å². The van der Waals surface area contributed by atoms with Crippen molar-refractivity contribution < 1.29 is 18.4 Å². The van der Waals surface area contributed by atoms with Crippen LogP contribution in [-0.4, -0.2) is 42.8 Å². The maximum atomic E-state index is 13.8. The summed E-state index contributed by atoms with van der Waals surface area (Å²) in [6.45, 7) is 2.65. The van der Waals surface area contributed by atoms with Crippen molar-refractivity contribution in [2.24, 2.45) is 0 Å². The lowest BCUT2D eigenvalue weighted by molar-refractivity contribution is -0.114. The summed E-state index contributed by atoms with van der Waals surface area (Å²) in [5.74, 6) is -3.38. The molecule has 2 aliphatic rings. The lowest BCUT2D eigenvalue weighted by Gasteiger charge is -2.21. The van der Waals surface area contributed by atoms with Gasteiger partial charge in [-0.05, 0) is 38.1 Å². The highest BCUT2D eigenvalue weighted by Gasteiger charge is 2.40. The van der Waals surface area contributed by atoms with Gasteiger partial charge in [0.2, 0.25) is 0 Å². The molecule has 1 fully saturated rings. The summed E-state index contributed by atoms with van der Waals surface area (Å²) in [6, 6.07) is 1.83. The Kier molecular flexibility index (Phi) is 3.25. The first kappa shape index (κ1) is 13.2. The number of fused-ring (bicyclic) bond motifs is 1. The predicted octanol–water partition coefficient (Wildman–Crippen LogP) is 1.59. The standard InChI is InChI=1S/C14H14F2N2O2/c15-9-3-4-10(16)12-11(9)13(19)14(20)18(12)8-7-17-5-1-2-6-17/h3-4H,1-2,5-8H2. The van der Waals surface area contributed by atoms with Gasteiger partial charge in [0.25, 0.3) is 11.7 Å². The lowest BCUT2D eigenvalue weighted by Crippen LogP contribution is -2.37. The van der Waals surface area contributed by atoms with E-state index in [1.165, 1.54) is 0 Å². The molecular formula is C14H14F2N2O2. The zero-order valence-corrected chi connectivity index (χ0v) is 10.9. The average Bonchev–Trinajstić information content (AvgIpc) is 3.02. The number of likely N-dealkylation sites (tertiary alicyclic amines) is 1. The highest BCUT2D eigenvalue weighted by Crippen LogP contribution is 2.33. The number of rotatable bonds is 3. The van der Waals surface area contributed by atoms with Crippen molar-refractivity contribution >= 4 is 17.4 Å². The van der Waals surface area contributed by atoms with Crippen molar-refractivity contribution in [3.8, 4) is 0 Å². The van der Waals surface area contributed by atoms with E-state index in [4.69, 9.17) is 0 Å². The van der Waals surface area contributed by atoms with Crippen molar-refractivity contribution in [3.05, 3.63) is 29.3 Å². The first-order valence-corrected chi connectivity index (χ1v) is 6.66. The Morgan fingerprint density at radius 2 is 1.65 bits per heavy atom. The topological polar surface area (TPSA) is 40.6 Å². The number of nitrogens with zero attached hydrogens (tertiary/aromatic N) is 2. The van der Waals surface area contributed by atoms with E-state index in [9.17, 15) is 18.4 Å². The van der Waals surface area contributed by atoms with E-state index in [0.717, 1.165) is 43.0 Å². The second-order valence-electron chi connectivity index (χ2n) is 5.09. The first-order valence-electron chi connectivity index (χ1n) is 6.66. The summed E-state index contributed by atoms with van der Waals surface area (Å²) in [6.07, 6.45) is 2.21. The zero-order valence-electron chi connectivity index (χ0n) is 10.9. The van der Waals surface area contributed by atoms with Gasteiger partial charge in [0.1, 0.15) is 11.6 Å². The summed E-state index contributed by atoms with van der Waals surface area (Å²) in [5.41, 5.74) is -0.643. The first-order chi connectivity index (χ1) is 9.59. The predicted molar refractivity (Wildman–Crippen MR) is 68.7 cm³/mol. The van der Waals surface area contributed by atoms with Crippen molar-refractivity contribution in [1.82, 2.24) is 4.90 Å². The highest BCUT2D eigenvalue weighted by molar-refractivity contribution is 6.52. The Bertz CT molecular complexity index is 583. The number of anilines is 1. The number of hydrogen-bond acceptors (Lipinski definition) is 3. The number of ketones is 1. The second-order valence-corrected chi connectivity index (χ2v) is 5.09. The summed E-state index contributed by atoms with van der Waals surface area (Å²) in [4.78, 5) is 26.9. The Morgan fingerprint density at radius 3 is 2.35 bits per heavy atom. The van der Waals surface area contributed by atoms with Gasteiger partial charge in [-0.15, -0.1) is 0 Å². The van der Waals surface area contributed by atoms with Crippen LogP contribution in [0.15, 0.2) is 12.1 Å². The van der Waals surface area contributed by atoms with E-state index in [1.807, 2.05) is 0 Å². The number of hydrogen-bond donors (Lipinski definition) is 0. The van der Waals surface area contributed by atoms with E-state index in [0.29, 0.717) is 6.54 Å². The molecule has 2 aliphatic heterocycles. The van der Waals surface area contributed by atoms with E-state index in [2.05, 4.69) is 4.90 Å². The Balaban J connectivity index is 1.87. The molecule has 1 aromatic carbocycles. The van der Waals surface area contributed by atoms with E-state index >= 15 is 0 Å². The van der Waals surface area contributed by atoms with Crippen molar-refractivity contribution in [3.63, 3.8) is 0 Å². The summed E-state index contributed by atoms with van der Waals surface area (Å²) in [5, 5.41) is 0. The van der Waals surface area contributed by atoms with Crippen LogP contribution >= 0.6 is 0 Å². The molecule has 20 heavy (non-hydrogen) atoms. The molecule has 0 spiro atoms. The number of carbonyl (C=O) groups excluding carboxylic acids is 2. The molecule has 0 atom stereocenters. The number of halogens is 2. The smallest absolute Gasteiger partial charge is 0.299 e. The van der Waals surface area contributed by atoms with E-state index < -0.39 is 28.9 Å². The van der Waals surface area contributed by atoms with Gasteiger partial charge in [0.05, 0.1) is 11.3 Å². The van der Waals surface area contributed by atoms with Gasteiger partial charge in [-0.3, -0.25) is 9.59 Å². The molecule has 2 heterocycles.